The van der Waals surface area contributed by atoms with Crippen molar-refractivity contribution < 1.29 is 14.1 Å². The lowest BCUT2D eigenvalue weighted by Gasteiger charge is -2.06. The third-order valence-corrected chi connectivity index (χ3v) is 4.50. The minimum atomic E-state index is -0.0411. The summed E-state index contributed by atoms with van der Waals surface area (Å²) < 4.78 is 10.4. The summed E-state index contributed by atoms with van der Waals surface area (Å²) in [6.07, 6.45) is 0. The van der Waals surface area contributed by atoms with Gasteiger partial charge in [-0.3, -0.25) is 4.79 Å². The van der Waals surface area contributed by atoms with Gasteiger partial charge in [-0.15, -0.1) is 11.8 Å². The van der Waals surface area contributed by atoms with Crippen molar-refractivity contribution in [3.8, 4) is 17.1 Å². The van der Waals surface area contributed by atoms with Crippen molar-refractivity contribution in [2.24, 2.45) is 0 Å². The van der Waals surface area contributed by atoms with Gasteiger partial charge in [-0.2, -0.15) is 4.98 Å². The number of aromatic nitrogens is 2. The average Bonchev–Trinajstić information content (AvgIpc) is 3.16. The quantitative estimate of drug-likeness (QED) is 0.656. The van der Waals surface area contributed by atoms with Crippen LogP contribution in [0.15, 0.2) is 59.1 Å². The van der Waals surface area contributed by atoms with Crippen LogP contribution in [0.4, 0.5) is 0 Å². The van der Waals surface area contributed by atoms with E-state index in [9.17, 15) is 4.79 Å². The second-order valence-electron chi connectivity index (χ2n) is 5.50. The molecule has 2 aromatic carbocycles. The number of nitrogens with zero attached hydrogens (tertiary/aromatic N) is 2. The molecule has 0 spiro atoms. The fourth-order valence-electron chi connectivity index (χ4n) is 2.28. The Bertz CT molecular complexity index is 852. The summed E-state index contributed by atoms with van der Waals surface area (Å²) in [7, 11) is 1.62. The molecule has 0 atom stereocenters. The van der Waals surface area contributed by atoms with Gasteiger partial charge in [0.25, 0.3) is 0 Å². The molecule has 134 valence electrons. The minimum absolute atomic E-state index is 0.0411. The third-order valence-electron chi connectivity index (χ3n) is 3.58. The first kappa shape index (κ1) is 18.0. The summed E-state index contributed by atoms with van der Waals surface area (Å²) in [6, 6.07) is 17.2. The van der Waals surface area contributed by atoms with E-state index in [2.05, 4.69) is 15.5 Å². The van der Waals surface area contributed by atoms with E-state index in [4.69, 9.17) is 9.26 Å². The molecule has 6 nitrogen and oxygen atoms in total. The molecular formula is C19H19N3O3S. The molecule has 0 fully saturated rings. The van der Waals surface area contributed by atoms with Crippen LogP contribution in [0, 0.1) is 0 Å². The lowest BCUT2D eigenvalue weighted by atomic mass is 10.2. The Hall–Kier alpha value is -2.80. The summed E-state index contributed by atoms with van der Waals surface area (Å²) in [5, 5.41) is 6.85. The van der Waals surface area contributed by atoms with Gasteiger partial charge in [0.15, 0.2) is 0 Å². The van der Waals surface area contributed by atoms with E-state index in [1.54, 1.807) is 7.11 Å². The molecule has 1 heterocycles. The molecule has 1 N–H and O–H groups in total. The molecule has 0 aliphatic heterocycles. The fourth-order valence-corrected chi connectivity index (χ4v) is 2.96. The van der Waals surface area contributed by atoms with Gasteiger partial charge < -0.3 is 14.6 Å². The fraction of sp³-hybridized carbons (Fsp3) is 0.211. The van der Waals surface area contributed by atoms with Gasteiger partial charge in [0.1, 0.15) is 5.75 Å². The Morgan fingerprint density at radius 3 is 2.85 bits per heavy atom. The first-order chi connectivity index (χ1) is 12.7. The number of nitrogens with one attached hydrogen (secondary N) is 1. The first-order valence-corrected chi connectivity index (χ1v) is 9.25. The number of hydrogen-bond acceptors (Lipinski definition) is 6. The average molecular weight is 369 g/mol. The molecule has 3 rings (SSSR count). The maximum atomic E-state index is 12.0. The Morgan fingerprint density at radius 2 is 2.04 bits per heavy atom. The highest BCUT2D eigenvalue weighted by molar-refractivity contribution is 7.99. The number of benzene rings is 2. The number of amides is 1. The van der Waals surface area contributed by atoms with E-state index in [1.165, 1.54) is 11.8 Å². The molecule has 1 aromatic heterocycles. The lowest BCUT2D eigenvalue weighted by Crippen LogP contribution is -2.24. The summed E-state index contributed by atoms with van der Waals surface area (Å²) >= 11 is 1.43. The summed E-state index contributed by atoms with van der Waals surface area (Å²) in [5.74, 6) is 2.62. The Balaban J connectivity index is 1.42. The first-order valence-electron chi connectivity index (χ1n) is 8.10. The van der Waals surface area contributed by atoms with Crippen LogP contribution >= 0.6 is 11.8 Å². The molecule has 26 heavy (non-hydrogen) atoms. The Morgan fingerprint density at radius 1 is 1.19 bits per heavy atom. The second kappa shape index (κ2) is 9.05. The number of hydrogen-bond donors (Lipinski definition) is 1. The van der Waals surface area contributed by atoms with Gasteiger partial charge in [-0.1, -0.05) is 47.6 Å². The molecule has 0 saturated heterocycles. The van der Waals surface area contributed by atoms with E-state index >= 15 is 0 Å². The topological polar surface area (TPSA) is 77.2 Å². The highest BCUT2D eigenvalue weighted by Gasteiger charge is 2.09. The van der Waals surface area contributed by atoms with Crippen molar-refractivity contribution in [3.05, 3.63) is 66.1 Å². The van der Waals surface area contributed by atoms with Crippen LogP contribution in [0.3, 0.4) is 0 Å². The Kier molecular flexibility index (Phi) is 6.27. The summed E-state index contributed by atoms with van der Waals surface area (Å²) in [6.45, 7) is 0.468. The monoisotopic (exact) mass is 369 g/mol. The van der Waals surface area contributed by atoms with Crippen molar-refractivity contribution in [2.45, 2.75) is 12.3 Å². The predicted molar refractivity (Wildman–Crippen MR) is 101 cm³/mol. The van der Waals surface area contributed by atoms with E-state index in [0.29, 0.717) is 29.8 Å². The highest BCUT2D eigenvalue weighted by atomic mass is 32.2. The molecule has 0 saturated carbocycles. The van der Waals surface area contributed by atoms with Crippen LogP contribution in [-0.2, 0) is 17.1 Å². The zero-order valence-corrected chi connectivity index (χ0v) is 15.2. The van der Waals surface area contributed by atoms with Gasteiger partial charge in [-0.25, -0.2) is 0 Å². The molecule has 7 heteroatoms. The molecule has 1 amide bonds. The van der Waals surface area contributed by atoms with Gasteiger partial charge in [0.2, 0.25) is 17.6 Å². The summed E-state index contributed by atoms with van der Waals surface area (Å²) in [4.78, 5) is 16.3. The van der Waals surface area contributed by atoms with E-state index in [1.807, 2.05) is 54.6 Å². The lowest BCUT2D eigenvalue weighted by molar-refractivity contribution is -0.118. The number of carbonyl (C=O) groups excluding carboxylic acids is 1. The Labute approximate surface area is 156 Å². The zero-order valence-electron chi connectivity index (χ0n) is 14.3. The van der Waals surface area contributed by atoms with Crippen molar-refractivity contribution >= 4 is 17.7 Å². The molecule has 0 unspecified atom stereocenters. The number of ether oxygens (including phenoxy) is 1. The van der Waals surface area contributed by atoms with Gasteiger partial charge in [0, 0.05) is 12.1 Å². The highest BCUT2D eigenvalue weighted by Crippen LogP contribution is 2.17. The molecule has 0 radical (unpaired) electrons. The molecular weight excluding hydrogens is 350 g/mol. The normalized spacial score (nSPS) is 10.5. The minimum Gasteiger partial charge on any atom is -0.497 e. The van der Waals surface area contributed by atoms with Crippen LogP contribution in [-0.4, -0.2) is 28.9 Å². The standard InChI is InChI=1S/C19H19N3O3S/c1-24-16-9-5-6-14(10-16)11-20-17(23)12-26-13-18-21-19(22-25-18)15-7-3-2-4-8-15/h2-10H,11-13H2,1H3,(H,20,23). The molecule has 0 aliphatic rings. The van der Waals surface area contributed by atoms with Gasteiger partial charge >= 0.3 is 0 Å². The van der Waals surface area contributed by atoms with Gasteiger partial charge in [-0.05, 0) is 17.7 Å². The van der Waals surface area contributed by atoms with Crippen LogP contribution in [0.2, 0.25) is 0 Å². The van der Waals surface area contributed by atoms with E-state index in [0.717, 1.165) is 16.9 Å². The maximum absolute atomic E-state index is 12.0. The number of thioether (sulfide) groups is 1. The zero-order chi connectivity index (χ0) is 18.2. The third kappa shape index (κ3) is 5.10. The number of methoxy groups -OCH3 is 1. The molecule has 3 aromatic rings. The van der Waals surface area contributed by atoms with Crippen LogP contribution in [0.5, 0.6) is 5.75 Å². The molecule has 0 aliphatic carbocycles. The predicted octanol–water partition coefficient (Wildman–Crippen LogP) is 3.29. The maximum Gasteiger partial charge on any atom is 0.236 e. The number of carbonyl (C=O) groups is 1. The molecule has 0 bridgehead atoms. The van der Waals surface area contributed by atoms with Gasteiger partial charge in [0.05, 0.1) is 18.6 Å². The van der Waals surface area contributed by atoms with Crippen LogP contribution < -0.4 is 10.1 Å². The van der Waals surface area contributed by atoms with Crippen molar-refractivity contribution in [3.63, 3.8) is 0 Å². The van der Waals surface area contributed by atoms with Crippen LogP contribution in [0.1, 0.15) is 11.5 Å². The van der Waals surface area contributed by atoms with Crippen molar-refractivity contribution in [2.75, 3.05) is 12.9 Å². The second-order valence-corrected chi connectivity index (χ2v) is 6.48. The van der Waals surface area contributed by atoms with E-state index in [-0.39, 0.29) is 5.91 Å². The SMILES string of the molecule is COc1cccc(CNC(=O)CSCc2nc(-c3ccccc3)no2)c1. The van der Waals surface area contributed by atoms with Crippen molar-refractivity contribution in [1.82, 2.24) is 15.5 Å². The largest absolute Gasteiger partial charge is 0.497 e. The number of rotatable bonds is 8. The summed E-state index contributed by atoms with van der Waals surface area (Å²) in [5.41, 5.74) is 1.90. The van der Waals surface area contributed by atoms with E-state index < -0.39 is 0 Å². The smallest absolute Gasteiger partial charge is 0.236 e. The van der Waals surface area contributed by atoms with Crippen molar-refractivity contribution in [1.29, 1.82) is 0 Å². The van der Waals surface area contributed by atoms with Crippen LogP contribution in [0.25, 0.3) is 11.4 Å².